The topological polar surface area (TPSA) is 75.3 Å². The third-order valence-electron chi connectivity index (χ3n) is 2.86. The number of carbonyl (C=O) groups excluding carboxylic acids is 1. The summed E-state index contributed by atoms with van der Waals surface area (Å²) in [6.45, 7) is 6.06. The maximum absolute atomic E-state index is 11.7. The van der Waals surface area contributed by atoms with E-state index in [4.69, 9.17) is 5.73 Å². The molecule has 1 atom stereocenters. The quantitative estimate of drug-likeness (QED) is 0.551. The second-order valence-electron chi connectivity index (χ2n) is 5.81. The number of hydrogen-bond acceptors (Lipinski definition) is 3. The van der Waals surface area contributed by atoms with Crippen LogP contribution in [0.3, 0.4) is 0 Å². The molecule has 1 rings (SSSR count). The summed E-state index contributed by atoms with van der Waals surface area (Å²) in [5, 5.41) is 12.8. The molecule has 4 heteroatoms. The van der Waals surface area contributed by atoms with E-state index < -0.39 is 5.60 Å². The summed E-state index contributed by atoms with van der Waals surface area (Å²) < 4.78 is 0. The number of nitrogens with two attached hydrogens (primary N) is 1. The number of amides is 1. The summed E-state index contributed by atoms with van der Waals surface area (Å²) in [5.74, 6) is 0.165. The van der Waals surface area contributed by atoms with E-state index in [1.165, 1.54) is 6.08 Å². The normalized spacial score (nSPS) is 14.4. The zero-order chi connectivity index (χ0) is 15.2. The molecule has 0 fully saturated rings. The smallest absolute Gasteiger partial charge is 0.244 e. The molecular weight excluding hydrogens is 252 g/mol. The molecule has 4 nitrogen and oxygen atoms in total. The highest BCUT2D eigenvalue weighted by Gasteiger charge is 2.21. The molecule has 0 aliphatic carbocycles. The van der Waals surface area contributed by atoms with Gasteiger partial charge in [0.15, 0.2) is 0 Å². The van der Waals surface area contributed by atoms with Gasteiger partial charge in [0.25, 0.3) is 0 Å². The predicted molar refractivity (Wildman–Crippen MR) is 83.0 cm³/mol. The van der Waals surface area contributed by atoms with Gasteiger partial charge in [0.1, 0.15) is 0 Å². The Morgan fingerprint density at radius 3 is 2.55 bits per heavy atom. The molecule has 1 unspecified atom stereocenters. The Kier molecular flexibility index (Phi) is 5.77. The minimum Gasteiger partial charge on any atom is -0.399 e. The van der Waals surface area contributed by atoms with Crippen LogP contribution in [0.4, 0.5) is 5.69 Å². The summed E-state index contributed by atoms with van der Waals surface area (Å²) in [6.07, 6.45) is 3.82. The van der Waals surface area contributed by atoms with Gasteiger partial charge in [-0.2, -0.15) is 0 Å². The monoisotopic (exact) mass is 276 g/mol. The molecule has 1 aromatic rings. The Bertz CT molecular complexity index is 462. The van der Waals surface area contributed by atoms with Crippen LogP contribution in [0.1, 0.15) is 32.8 Å². The van der Waals surface area contributed by atoms with Crippen LogP contribution in [0.2, 0.25) is 0 Å². The number of rotatable bonds is 6. The second-order valence-corrected chi connectivity index (χ2v) is 5.81. The zero-order valence-corrected chi connectivity index (χ0v) is 12.4. The standard InChI is InChI=1S/C16H24N2O2/c1-12(2)10-16(3,20)11-18-15(19)9-6-13-4-7-14(17)8-5-13/h4-9,12,20H,10-11,17H2,1-3H3,(H,18,19)/b9-6+. The van der Waals surface area contributed by atoms with E-state index in [1.54, 1.807) is 25.1 Å². The van der Waals surface area contributed by atoms with Crippen molar-refractivity contribution >= 4 is 17.7 Å². The lowest BCUT2D eigenvalue weighted by atomic mass is 9.94. The van der Waals surface area contributed by atoms with Crippen LogP contribution in [0.15, 0.2) is 30.3 Å². The van der Waals surface area contributed by atoms with Crippen LogP contribution in [0.5, 0.6) is 0 Å². The van der Waals surface area contributed by atoms with Crippen LogP contribution in [-0.2, 0) is 4.79 Å². The number of nitrogens with one attached hydrogen (secondary N) is 1. The molecule has 110 valence electrons. The lowest BCUT2D eigenvalue weighted by Gasteiger charge is -2.25. The average Bonchev–Trinajstić information content (AvgIpc) is 2.34. The van der Waals surface area contributed by atoms with Gasteiger partial charge in [0.05, 0.1) is 5.60 Å². The van der Waals surface area contributed by atoms with Gasteiger partial charge in [0.2, 0.25) is 5.91 Å². The highest BCUT2D eigenvalue weighted by Crippen LogP contribution is 2.15. The van der Waals surface area contributed by atoms with Gasteiger partial charge in [-0.15, -0.1) is 0 Å². The maximum atomic E-state index is 11.7. The van der Waals surface area contributed by atoms with Gasteiger partial charge in [0, 0.05) is 18.3 Å². The number of anilines is 1. The third kappa shape index (κ3) is 6.38. The Hall–Kier alpha value is -1.81. The van der Waals surface area contributed by atoms with Crippen LogP contribution >= 0.6 is 0 Å². The fourth-order valence-corrected chi connectivity index (χ4v) is 2.07. The van der Waals surface area contributed by atoms with Gasteiger partial charge in [-0.25, -0.2) is 0 Å². The summed E-state index contributed by atoms with van der Waals surface area (Å²) in [6, 6.07) is 7.25. The van der Waals surface area contributed by atoms with E-state index in [0.29, 0.717) is 18.0 Å². The largest absolute Gasteiger partial charge is 0.399 e. The van der Waals surface area contributed by atoms with E-state index in [9.17, 15) is 9.90 Å². The highest BCUT2D eigenvalue weighted by molar-refractivity contribution is 5.91. The average molecular weight is 276 g/mol. The van der Waals surface area contributed by atoms with Crippen molar-refractivity contribution in [2.24, 2.45) is 5.92 Å². The third-order valence-corrected chi connectivity index (χ3v) is 2.86. The fraction of sp³-hybridized carbons (Fsp3) is 0.438. The van der Waals surface area contributed by atoms with Crippen LogP contribution in [-0.4, -0.2) is 23.2 Å². The number of aliphatic hydroxyl groups is 1. The van der Waals surface area contributed by atoms with Crippen molar-refractivity contribution in [2.75, 3.05) is 12.3 Å². The molecule has 4 N–H and O–H groups in total. The first-order valence-corrected chi connectivity index (χ1v) is 6.82. The zero-order valence-electron chi connectivity index (χ0n) is 12.4. The van der Waals surface area contributed by atoms with Crippen molar-refractivity contribution in [2.45, 2.75) is 32.8 Å². The minimum atomic E-state index is -0.876. The number of carbonyl (C=O) groups is 1. The van der Waals surface area contributed by atoms with Crippen molar-refractivity contribution in [3.8, 4) is 0 Å². The van der Waals surface area contributed by atoms with Crippen LogP contribution in [0, 0.1) is 5.92 Å². The van der Waals surface area contributed by atoms with Crippen LogP contribution in [0.25, 0.3) is 6.08 Å². The van der Waals surface area contributed by atoms with Gasteiger partial charge in [-0.1, -0.05) is 26.0 Å². The van der Waals surface area contributed by atoms with Gasteiger partial charge < -0.3 is 16.2 Å². The molecule has 0 aliphatic heterocycles. The molecule has 0 aromatic heterocycles. The number of benzene rings is 1. The first kappa shape index (κ1) is 16.2. The van der Waals surface area contributed by atoms with E-state index >= 15 is 0 Å². The van der Waals surface area contributed by atoms with E-state index in [1.807, 2.05) is 26.0 Å². The van der Waals surface area contributed by atoms with Crippen molar-refractivity contribution in [3.63, 3.8) is 0 Å². The molecule has 0 heterocycles. The fourth-order valence-electron chi connectivity index (χ4n) is 2.07. The van der Waals surface area contributed by atoms with E-state index in [2.05, 4.69) is 5.32 Å². The summed E-state index contributed by atoms with van der Waals surface area (Å²) in [7, 11) is 0. The highest BCUT2D eigenvalue weighted by atomic mass is 16.3. The van der Waals surface area contributed by atoms with E-state index in [-0.39, 0.29) is 12.5 Å². The molecule has 0 aliphatic rings. The Balaban J connectivity index is 2.45. The molecule has 1 amide bonds. The second kappa shape index (κ2) is 7.10. The molecule has 0 radical (unpaired) electrons. The maximum Gasteiger partial charge on any atom is 0.244 e. The molecule has 0 spiro atoms. The molecular formula is C16H24N2O2. The molecule has 0 saturated carbocycles. The Morgan fingerprint density at radius 1 is 1.40 bits per heavy atom. The first-order chi connectivity index (χ1) is 9.28. The molecule has 20 heavy (non-hydrogen) atoms. The summed E-state index contributed by atoms with van der Waals surface area (Å²) in [4.78, 5) is 11.7. The Labute approximate surface area is 120 Å². The van der Waals surface area contributed by atoms with E-state index in [0.717, 1.165) is 5.56 Å². The lowest BCUT2D eigenvalue weighted by molar-refractivity contribution is -0.117. The number of nitrogen functional groups attached to an aromatic ring is 1. The lowest BCUT2D eigenvalue weighted by Crippen LogP contribution is -2.40. The Morgan fingerprint density at radius 2 is 2.00 bits per heavy atom. The summed E-state index contributed by atoms with van der Waals surface area (Å²) in [5.41, 5.74) is 6.31. The SMILES string of the molecule is CC(C)CC(C)(O)CNC(=O)/C=C/c1ccc(N)cc1. The van der Waals surface area contributed by atoms with Gasteiger partial charge >= 0.3 is 0 Å². The summed E-state index contributed by atoms with van der Waals surface area (Å²) >= 11 is 0. The van der Waals surface area contributed by atoms with Crippen molar-refractivity contribution in [1.82, 2.24) is 5.32 Å². The van der Waals surface area contributed by atoms with Gasteiger partial charge in [-0.05, 0) is 43.0 Å². The van der Waals surface area contributed by atoms with Crippen LogP contribution < -0.4 is 11.1 Å². The molecule has 0 saturated heterocycles. The number of hydrogen-bond donors (Lipinski definition) is 3. The van der Waals surface area contributed by atoms with Crippen molar-refractivity contribution < 1.29 is 9.90 Å². The predicted octanol–water partition coefficient (Wildman–Crippen LogP) is 2.20. The molecule has 0 bridgehead atoms. The van der Waals surface area contributed by atoms with Crippen molar-refractivity contribution in [3.05, 3.63) is 35.9 Å². The first-order valence-electron chi connectivity index (χ1n) is 6.82. The minimum absolute atomic E-state index is 0.217. The molecule has 1 aromatic carbocycles. The van der Waals surface area contributed by atoms with Gasteiger partial charge in [-0.3, -0.25) is 4.79 Å². The van der Waals surface area contributed by atoms with Crippen molar-refractivity contribution in [1.29, 1.82) is 0 Å².